The quantitative estimate of drug-likeness (QED) is 0.546. The van der Waals surface area contributed by atoms with Crippen LogP contribution in [0, 0.1) is 0 Å². The molecule has 2 rings (SSSR count). The van der Waals surface area contributed by atoms with E-state index in [4.69, 9.17) is 51.1 Å². The minimum absolute atomic E-state index is 0.197. The van der Waals surface area contributed by atoms with Crippen LogP contribution in [0.1, 0.15) is 17.3 Å². The van der Waals surface area contributed by atoms with Gasteiger partial charge in [-0.2, -0.15) is 0 Å². The van der Waals surface area contributed by atoms with Crippen molar-refractivity contribution in [2.24, 2.45) is 0 Å². The van der Waals surface area contributed by atoms with Crippen LogP contribution < -0.4 is 4.74 Å². The summed E-state index contributed by atoms with van der Waals surface area (Å²) in [6.45, 7) is 2.14. The van der Waals surface area contributed by atoms with Gasteiger partial charge in [0.25, 0.3) is 3.79 Å². The van der Waals surface area contributed by atoms with Crippen LogP contribution in [-0.2, 0) is 0 Å². The summed E-state index contributed by atoms with van der Waals surface area (Å²) in [6.07, 6.45) is 0. The zero-order valence-corrected chi connectivity index (χ0v) is 13.4. The third-order valence-corrected chi connectivity index (χ3v) is 3.63. The largest absolute Gasteiger partial charge is 0.491 e. The molecule has 0 aromatic rings. The first kappa shape index (κ1) is 15.7. The topological polar surface area (TPSA) is 26.3 Å². The van der Waals surface area contributed by atoms with Crippen molar-refractivity contribution in [1.29, 1.82) is 0 Å². The molecule has 0 aliphatic heterocycles. The highest BCUT2D eigenvalue weighted by molar-refractivity contribution is 6.77. The minimum Gasteiger partial charge on any atom is -0.491 e. The van der Waals surface area contributed by atoms with E-state index in [9.17, 15) is 4.79 Å². The van der Waals surface area contributed by atoms with Crippen molar-refractivity contribution in [2.45, 2.75) is 10.7 Å². The van der Waals surface area contributed by atoms with Crippen molar-refractivity contribution in [3.63, 3.8) is 0 Å². The van der Waals surface area contributed by atoms with Gasteiger partial charge >= 0.3 is 0 Å². The summed E-state index contributed by atoms with van der Waals surface area (Å²) in [5.74, 6) is -0.402. The molecule has 2 aliphatic carbocycles. The number of alkyl halides is 3. The standard InChI is InChI=1S/C14H10Cl4O2/c1-2-20-12-10(13(19)14(16,17)18)8-6-4-3-5-7-9(8)11(12)15/h3-7H,2H2,1H3. The number of ether oxygens (including phenoxy) is 1. The average Bonchev–Trinajstić information content (AvgIpc) is 2.57. The number of carbonyl (C=O) groups is 1. The van der Waals surface area contributed by atoms with Crippen molar-refractivity contribution < 1.29 is 9.53 Å². The molecule has 0 fully saturated rings. The summed E-state index contributed by atoms with van der Waals surface area (Å²) in [6, 6.07) is 8.94. The lowest BCUT2D eigenvalue weighted by atomic mass is 10.1. The third kappa shape index (κ3) is 2.84. The summed E-state index contributed by atoms with van der Waals surface area (Å²) in [4.78, 5) is 12.4. The van der Waals surface area contributed by atoms with E-state index in [1.165, 1.54) is 0 Å². The molecule has 2 nitrogen and oxygen atoms in total. The van der Waals surface area contributed by atoms with Gasteiger partial charge in [-0.15, -0.1) is 0 Å². The van der Waals surface area contributed by atoms with E-state index in [0.717, 1.165) is 0 Å². The first-order chi connectivity index (χ1) is 9.38. The molecule has 0 atom stereocenters. The maximum absolute atomic E-state index is 12.4. The number of halogens is 4. The van der Waals surface area contributed by atoms with E-state index >= 15 is 0 Å². The summed E-state index contributed by atoms with van der Waals surface area (Å²) in [5, 5.41) is 0.343. The second-order valence-corrected chi connectivity index (χ2v) is 6.68. The highest BCUT2D eigenvalue weighted by Crippen LogP contribution is 2.48. The number of carbonyl (C=O) groups excluding carboxylic acids is 1. The minimum atomic E-state index is -2.06. The molecule has 0 N–H and O–H groups in total. The number of rotatable bonds is 3. The summed E-state index contributed by atoms with van der Waals surface area (Å²) in [7, 11) is 0. The number of Topliss-reactive ketones (excluding diaryl/α,β-unsaturated/α-hetero) is 1. The predicted octanol–water partition coefficient (Wildman–Crippen LogP) is 5.40. The average molecular weight is 352 g/mol. The lowest BCUT2D eigenvalue weighted by Crippen LogP contribution is -2.19. The molecule has 0 heterocycles. The van der Waals surface area contributed by atoms with Crippen LogP contribution >= 0.6 is 46.4 Å². The molecule has 0 amide bonds. The molecule has 0 radical (unpaired) electrons. The van der Waals surface area contributed by atoms with E-state index in [0.29, 0.717) is 22.8 Å². The molecule has 2 aliphatic rings. The Kier molecular flexibility index (Phi) is 4.70. The number of fused-ring (bicyclic) bond motifs is 1. The van der Waals surface area contributed by atoms with Crippen LogP contribution in [0.4, 0.5) is 0 Å². The van der Waals surface area contributed by atoms with Crippen molar-refractivity contribution in [3.05, 3.63) is 40.9 Å². The summed E-state index contributed by atoms with van der Waals surface area (Å²) in [5.41, 5.74) is 1.47. The number of hydrogen-bond donors (Lipinski definition) is 0. The molecule has 0 bridgehead atoms. The number of hydrogen-bond acceptors (Lipinski definition) is 2. The first-order valence-corrected chi connectivity index (χ1v) is 7.33. The molecule has 106 valence electrons. The fourth-order valence-corrected chi connectivity index (χ4v) is 2.56. The second-order valence-electron chi connectivity index (χ2n) is 4.02. The van der Waals surface area contributed by atoms with Crippen LogP contribution in [0.25, 0.3) is 11.1 Å². The van der Waals surface area contributed by atoms with Gasteiger partial charge in [-0.3, -0.25) is 4.79 Å². The van der Waals surface area contributed by atoms with Crippen LogP contribution in [-0.4, -0.2) is 16.2 Å². The van der Waals surface area contributed by atoms with Crippen LogP contribution in [0.5, 0.6) is 5.75 Å². The fourth-order valence-electron chi connectivity index (χ4n) is 1.96. The Bertz CT molecular complexity index is 619. The molecular formula is C14H10Cl4O2. The Hall–Kier alpha value is -0.670. The van der Waals surface area contributed by atoms with Gasteiger partial charge in [0.1, 0.15) is 5.75 Å². The van der Waals surface area contributed by atoms with Gasteiger partial charge in [0.05, 0.1) is 17.2 Å². The van der Waals surface area contributed by atoms with Crippen molar-refractivity contribution in [3.8, 4) is 16.9 Å². The lowest BCUT2D eigenvalue weighted by molar-refractivity contribution is 0.0994. The zero-order chi connectivity index (χ0) is 14.9. The molecule has 0 saturated heterocycles. The van der Waals surface area contributed by atoms with E-state index in [-0.39, 0.29) is 11.3 Å². The lowest BCUT2D eigenvalue weighted by Gasteiger charge is -2.12. The molecule has 0 aromatic carbocycles. The van der Waals surface area contributed by atoms with Crippen molar-refractivity contribution in [2.75, 3.05) is 6.61 Å². The van der Waals surface area contributed by atoms with Gasteiger partial charge in [0.2, 0.25) is 5.78 Å². The Morgan fingerprint density at radius 3 is 2.30 bits per heavy atom. The summed E-state index contributed by atoms with van der Waals surface area (Å²) >= 11 is 23.4. The second kappa shape index (κ2) is 5.98. The summed E-state index contributed by atoms with van der Waals surface area (Å²) < 4.78 is 3.41. The van der Waals surface area contributed by atoms with E-state index in [2.05, 4.69) is 0 Å². The smallest absolute Gasteiger partial charge is 0.253 e. The van der Waals surface area contributed by atoms with Gasteiger partial charge in [0, 0.05) is 5.56 Å². The first-order valence-electron chi connectivity index (χ1n) is 5.82. The molecular weight excluding hydrogens is 342 g/mol. The number of ketones is 1. The third-order valence-electron chi connectivity index (χ3n) is 2.74. The SMILES string of the molecule is CCOc1c(Cl)c2cccccc-2c1C(=O)C(Cl)(Cl)Cl. The molecule has 0 aromatic heterocycles. The Morgan fingerprint density at radius 2 is 1.75 bits per heavy atom. The maximum Gasteiger partial charge on any atom is 0.253 e. The fraction of sp³-hybridized carbons (Fsp3) is 0.214. The Morgan fingerprint density at radius 1 is 1.15 bits per heavy atom. The zero-order valence-electron chi connectivity index (χ0n) is 10.4. The molecule has 6 heteroatoms. The van der Waals surface area contributed by atoms with Crippen molar-refractivity contribution in [1.82, 2.24) is 0 Å². The van der Waals surface area contributed by atoms with Gasteiger partial charge < -0.3 is 4.74 Å². The van der Waals surface area contributed by atoms with E-state index in [1.54, 1.807) is 25.1 Å². The van der Waals surface area contributed by atoms with Gasteiger partial charge in [0.15, 0.2) is 0 Å². The van der Waals surface area contributed by atoms with Gasteiger partial charge in [-0.1, -0.05) is 76.7 Å². The van der Waals surface area contributed by atoms with Gasteiger partial charge in [-0.25, -0.2) is 0 Å². The van der Waals surface area contributed by atoms with Crippen LogP contribution in [0.15, 0.2) is 30.3 Å². The molecule has 0 saturated carbocycles. The van der Waals surface area contributed by atoms with Crippen LogP contribution in [0.2, 0.25) is 5.02 Å². The highest BCUT2D eigenvalue weighted by Gasteiger charge is 2.38. The normalized spacial score (nSPS) is 11.7. The van der Waals surface area contributed by atoms with E-state index in [1.807, 2.05) is 12.1 Å². The van der Waals surface area contributed by atoms with Crippen molar-refractivity contribution >= 4 is 52.2 Å². The molecule has 0 unspecified atom stereocenters. The molecule has 0 spiro atoms. The monoisotopic (exact) mass is 350 g/mol. The van der Waals surface area contributed by atoms with E-state index < -0.39 is 9.58 Å². The molecule has 20 heavy (non-hydrogen) atoms. The maximum atomic E-state index is 12.4. The predicted molar refractivity (Wildman–Crippen MR) is 83.9 cm³/mol. The Labute approximate surface area is 136 Å². The van der Waals surface area contributed by atoms with Gasteiger partial charge in [-0.05, 0) is 12.5 Å². The Balaban J connectivity index is 2.76. The highest BCUT2D eigenvalue weighted by atomic mass is 35.6. The van der Waals surface area contributed by atoms with Crippen LogP contribution in [0.3, 0.4) is 0 Å².